The van der Waals surface area contributed by atoms with Crippen LogP contribution in [-0.4, -0.2) is 25.1 Å². The van der Waals surface area contributed by atoms with Gasteiger partial charge < -0.3 is 14.8 Å². The second-order valence-corrected chi connectivity index (χ2v) is 5.73. The van der Waals surface area contributed by atoms with Gasteiger partial charge in [0.25, 0.3) is 5.91 Å². The van der Waals surface area contributed by atoms with Gasteiger partial charge in [-0.2, -0.15) is 0 Å². The van der Waals surface area contributed by atoms with Gasteiger partial charge in [-0.1, -0.05) is 18.2 Å². The quantitative estimate of drug-likeness (QED) is 0.812. The lowest BCUT2D eigenvalue weighted by molar-refractivity contribution is -0.118. The molecule has 0 heterocycles. The van der Waals surface area contributed by atoms with Gasteiger partial charge in [0.2, 0.25) is 0 Å². The third-order valence-electron chi connectivity index (χ3n) is 4.02. The van der Waals surface area contributed by atoms with Crippen LogP contribution in [-0.2, 0) is 9.53 Å². The highest BCUT2D eigenvalue weighted by atomic mass is 16.5. The average Bonchev–Trinajstić information content (AvgIpc) is 2.58. The molecule has 2 aromatic rings. The van der Waals surface area contributed by atoms with Gasteiger partial charge in [0.15, 0.2) is 6.61 Å². The van der Waals surface area contributed by atoms with Crippen molar-refractivity contribution < 1.29 is 19.1 Å². The normalized spacial score (nSPS) is 10.2. The van der Waals surface area contributed by atoms with Crippen molar-refractivity contribution in [2.45, 2.75) is 27.7 Å². The lowest BCUT2D eigenvalue weighted by Crippen LogP contribution is -2.21. The summed E-state index contributed by atoms with van der Waals surface area (Å²) in [6.45, 7) is 7.67. The van der Waals surface area contributed by atoms with Crippen molar-refractivity contribution in [2.75, 3.05) is 18.5 Å². The standard InChI is InChI=1S/C20H23NO4/c1-5-24-20(23)16-9-7-10-17(15(16)4)21-19(22)12-25-18-11-6-8-13(2)14(18)3/h6-11H,5,12H2,1-4H3,(H,21,22). The molecular formula is C20H23NO4. The highest BCUT2D eigenvalue weighted by Gasteiger charge is 2.14. The molecule has 0 aliphatic heterocycles. The van der Waals surface area contributed by atoms with Crippen molar-refractivity contribution in [3.8, 4) is 5.75 Å². The molecule has 0 bridgehead atoms. The average molecular weight is 341 g/mol. The van der Waals surface area contributed by atoms with E-state index in [1.807, 2.05) is 32.0 Å². The van der Waals surface area contributed by atoms with Crippen LogP contribution in [0.1, 0.15) is 34.0 Å². The Morgan fingerprint density at radius 1 is 1.00 bits per heavy atom. The Morgan fingerprint density at radius 2 is 1.72 bits per heavy atom. The maximum absolute atomic E-state index is 12.2. The molecule has 2 rings (SSSR count). The SMILES string of the molecule is CCOC(=O)c1cccc(NC(=O)COc2cccc(C)c2C)c1C. The number of esters is 1. The van der Waals surface area contributed by atoms with Crippen LogP contribution in [0, 0.1) is 20.8 Å². The molecule has 0 aliphatic rings. The molecular weight excluding hydrogens is 318 g/mol. The molecule has 2 aromatic carbocycles. The molecule has 0 aromatic heterocycles. The minimum absolute atomic E-state index is 0.104. The molecule has 0 unspecified atom stereocenters. The Morgan fingerprint density at radius 3 is 2.44 bits per heavy atom. The molecule has 132 valence electrons. The van der Waals surface area contributed by atoms with Crippen LogP contribution in [0.3, 0.4) is 0 Å². The molecule has 25 heavy (non-hydrogen) atoms. The van der Waals surface area contributed by atoms with E-state index >= 15 is 0 Å². The van der Waals surface area contributed by atoms with Gasteiger partial charge in [0.05, 0.1) is 12.2 Å². The number of ether oxygens (including phenoxy) is 2. The number of rotatable bonds is 6. The number of nitrogens with one attached hydrogen (secondary N) is 1. The summed E-state index contributed by atoms with van der Waals surface area (Å²) in [6, 6.07) is 10.8. The number of carbonyl (C=O) groups excluding carboxylic acids is 2. The van der Waals surface area contributed by atoms with E-state index in [9.17, 15) is 9.59 Å². The van der Waals surface area contributed by atoms with E-state index in [0.717, 1.165) is 11.1 Å². The van der Waals surface area contributed by atoms with E-state index < -0.39 is 5.97 Å². The Hall–Kier alpha value is -2.82. The van der Waals surface area contributed by atoms with Crippen LogP contribution < -0.4 is 10.1 Å². The smallest absolute Gasteiger partial charge is 0.338 e. The predicted molar refractivity (Wildman–Crippen MR) is 97.2 cm³/mol. The lowest BCUT2D eigenvalue weighted by Gasteiger charge is -2.13. The fraction of sp³-hybridized carbons (Fsp3) is 0.300. The summed E-state index contributed by atoms with van der Waals surface area (Å²) in [4.78, 5) is 24.1. The van der Waals surface area contributed by atoms with E-state index in [0.29, 0.717) is 29.2 Å². The molecule has 0 atom stereocenters. The monoisotopic (exact) mass is 341 g/mol. The Labute approximate surface area is 148 Å². The van der Waals surface area contributed by atoms with E-state index in [-0.39, 0.29) is 12.5 Å². The van der Waals surface area contributed by atoms with Crippen LogP contribution in [0.5, 0.6) is 5.75 Å². The second kappa shape index (κ2) is 8.33. The Kier molecular flexibility index (Phi) is 6.17. The highest BCUT2D eigenvalue weighted by Crippen LogP contribution is 2.22. The summed E-state index contributed by atoms with van der Waals surface area (Å²) in [5.74, 6) is -0.0000965. The fourth-order valence-electron chi connectivity index (χ4n) is 2.41. The maximum atomic E-state index is 12.2. The number of anilines is 1. The van der Waals surface area contributed by atoms with E-state index in [1.54, 1.807) is 32.0 Å². The predicted octanol–water partition coefficient (Wildman–Crippen LogP) is 3.81. The summed E-state index contributed by atoms with van der Waals surface area (Å²) >= 11 is 0. The van der Waals surface area contributed by atoms with Crippen molar-refractivity contribution in [3.05, 3.63) is 58.7 Å². The van der Waals surface area contributed by atoms with Crippen molar-refractivity contribution in [1.82, 2.24) is 0 Å². The van der Waals surface area contributed by atoms with Crippen molar-refractivity contribution in [3.63, 3.8) is 0 Å². The van der Waals surface area contributed by atoms with Crippen LogP contribution in [0.2, 0.25) is 0 Å². The van der Waals surface area contributed by atoms with Gasteiger partial charge in [0.1, 0.15) is 5.75 Å². The van der Waals surface area contributed by atoms with Crippen molar-refractivity contribution in [2.24, 2.45) is 0 Å². The zero-order valence-electron chi connectivity index (χ0n) is 15.0. The van der Waals surface area contributed by atoms with E-state index in [2.05, 4.69) is 5.32 Å². The molecule has 1 N–H and O–H groups in total. The van der Waals surface area contributed by atoms with Crippen LogP contribution >= 0.6 is 0 Å². The summed E-state index contributed by atoms with van der Waals surface area (Å²) in [5, 5.41) is 2.78. The Balaban J connectivity index is 2.04. The molecule has 0 spiro atoms. The molecule has 0 fully saturated rings. The van der Waals surface area contributed by atoms with Gasteiger partial charge >= 0.3 is 5.97 Å². The zero-order chi connectivity index (χ0) is 18.4. The van der Waals surface area contributed by atoms with Crippen molar-refractivity contribution in [1.29, 1.82) is 0 Å². The zero-order valence-corrected chi connectivity index (χ0v) is 15.0. The van der Waals surface area contributed by atoms with Crippen molar-refractivity contribution >= 4 is 17.6 Å². The van der Waals surface area contributed by atoms with Gasteiger partial charge in [-0.3, -0.25) is 4.79 Å². The first kappa shape index (κ1) is 18.5. The number of aryl methyl sites for hydroxylation is 1. The van der Waals surface area contributed by atoms with Gasteiger partial charge in [-0.15, -0.1) is 0 Å². The molecule has 0 saturated heterocycles. The first-order chi connectivity index (χ1) is 11.9. The van der Waals surface area contributed by atoms with Crippen LogP contribution in [0.15, 0.2) is 36.4 Å². The number of carbonyl (C=O) groups is 2. The topological polar surface area (TPSA) is 64.6 Å². The Bertz CT molecular complexity index is 783. The largest absolute Gasteiger partial charge is 0.483 e. The molecule has 5 nitrogen and oxygen atoms in total. The third-order valence-corrected chi connectivity index (χ3v) is 4.02. The van der Waals surface area contributed by atoms with Gasteiger partial charge in [-0.25, -0.2) is 4.79 Å². The minimum Gasteiger partial charge on any atom is -0.483 e. The first-order valence-electron chi connectivity index (χ1n) is 8.19. The molecule has 0 radical (unpaired) electrons. The lowest BCUT2D eigenvalue weighted by atomic mass is 10.1. The maximum Gasteiger partial charge on any atom is 0.338 e. The number of amides is 1. The fourth-order valence-corrected chi connectivity index (χ4v) is 2.41. The number of benzene rings is 2. The molecule has 1 amide bonds. The summed E-state index contributed by atoms with van der Waals surface area (Å²) in [5.41, 5.74) is 3.79. The van der Waals surface area contributed by atoms with E-state index in [1.165, 1.54) is 0 Å². The summed E-state index contributed by atoms with van der Waals surface area (Å²) in [6.07, 6.45) is 0. The first-order valence-corrected chi connectivity index (χ1v) is 8.19. The third kappa shape index (κ3) is 4.59. The summed E-state index contributed by atoms with van der Waals surface area (Å²) < 4.78 is 10.6. The van der Waals surface area contributed by atoms with Crippen LogP contribution in [0.4, 0.5) is 5.69 Å². The molecule has 5 heteroatoms. The van der Waals surface area contributed by atoms with Gasteiger partial charge in [-0.05, 0) is 62.6 Å². The minimum atomic E-state index is -0.400. The summed E-state index contributed by atoms with van der Waals surface area (Å²) in [7, 11) is 0. The number of hydrogen-bond donors (Lipinski definition) is 1. The number of hydrogen-bond acceptors (Lipinski definition) is 4. The second-order valence-electron chi connectivity index (χ2n) is 5.73. The van der Waals surface area contributed by atoms with Crippen LogP contribution in [0.25, 0.3) is 0 Å². The highest BCUT2D eigenvalue weighted by molar-refractivity contribution is 5.97. The molecule has 0 aliphatic carbocycles. The van der Waals surface area contributed by atoms with Gasteiger partial charge in [0, 0.05) is 5.69 Å². The molecule has 0 saturated carbocycles. The van der Waals surface area contributed by atoms with E-state index in [4.69, 9.17) is 9.47 Å².